The molecule has 1 saturated heterocycles. The molecule has 1 aliphatic heterocycles. The highest BCUT2D eigenvalue weighted by atomic mass is 16.2. The minimum atomic E-state index is -0.00438. The van der Waals surface area contributed by atoms with Gasteiger partial charge in [-0.15, -0.1) is 0 Å². The lowest BCUT2D eigenvalue weighted by molar-refractivity contribution is -0.126. The smallest absolute Gasteiger partial charge is 0.226 e. The van der Waals surface area contributed by atoms with Gasteiger partial charge in [0.1, 0.15) is 0 Å². The molecule has 2 fully saturated rings. The normalized spacial score (nSPS) is 27.4. The fourth-order valence-electron chi connectivity index (χ4n) is 1.16. The minimum Gasteiger partial charge on any atom is -0.350 e. The number of rotatable bonds is 2. The van der Waals surface area contributed by atoms with Crippen molar-refractivity contribution in [3.63, 3.8) is 0 Å². The van der Waals surface area contributed by atoms with Crippen LogP contribution in [-0.4, -0.2) is 25.0 Å². The minimum absolute atomic E-state index is 0.00438. The zero-order valence-electron chi connectivity index (χ0n) is 6.81. The monoisotopic (exact) mass is 154 g/mol. The summed E-state index contributed by atoms with van der Waals surface area (Å²) in [4.78, 5) is 11.4. The lowest BCUT2D eigenvalue weighted by Crippen LogP contribution is -2.58. The summed E-state index contributed by atoms with van der Waals surface area (Å²) in [5.74, 6) is 0.254. The molecule has 1 saturated carbocycles. The Bertz CT molecular complexity index is 183. The summed E-state index contributed by atoms with van der Waals surface area (Å²) < 4.78 is 0. The van der Waals surface area contributed by atoms with Gasteiger partial charge < -0.3 is 10.6 Å². The van der Waals surface area contributed by atoms with E-state index in [0.29, 0.717) is 6.04 Å². The number of carbonyl (C=O) groups is 1. The van der Waals surface area contributed by atoms with E-state index >= 15 is 0 Å². The molecule has 0 atom stereocenters. The Labute approximate surface area is 66.5 Å². The van der Waals surface area contributed by atoms with Crippen LogP contribution in [0.1, 0.15) is 19.8 Å². The standard InChI is InChI=1S/C8H14N2O/c1-8(2-3-8)7(11)10-6-4-9-5-6/h6,9H,2-5H2,1H3,(H,10,11). The Morgan fingerprint density at radius 3 is 2.55 bits per heavy atom. The zero-order valence-corrected chi connectivity index (χ0v) is 6.81. The summed E-state index contributed by atoms with van der Waals surface area (Å²) in [6.07, 6.45) is 2.14. The van der Waals surface area contributed by atoms with E-state index in [0.717, 1.165) is 25.9 Å². The average molecular weight is 154 g/mol. The highest BCUT2D eigenvalue weighted by molar-refractivity contribution is 5.85. The molecule has 2 rings (SSSR count). The highest BCUT2D eigenvalue weighted by Gasteiger charge is 2.45. The first-order valence-electron chi connectivity index (χ1n) is 4.22. The van der Waals surface area contributed by atoms with E-state index in [-0.39, 0.29) is 11.3 Å². The third-order valence-corrected chi connectivity index (χ3v) is 2.66. The molecule has 0 bridgehead atoms. The average Bonchev–Trinajstić information content (AvgIpc) is 2.59. The Balaban J connectivity index is 1.81. The highest BCUT2D eigenvalue weighted by Crippen LogP contribution is 2.45. The second kappa shape index (κ2) is 2.21. The summed E-state index contributed by atoms with van der Waals surface area (Å²) in [5, 5.41) is 6.14. The molecule has 1 heterocycles. The number of amides is 1. The van der Waals surface area contributed by atoms with Crippen LogP contribution in [0.15, 0.2) is 0 Å². The van der Waals surface area contributed by atoms with Gasteiger partial charge in [-0.2, -0.15) is 0 Å². The van der Waals surface area contributed by atoms with Crippen LogP contribution in [0.3, 0.4) is 0 Å². The molecule has 2 aliphatic rings. The molecule has 62 valence electrons. The molecule has 0 unspecified atom stereocenters. The largest absolute Gasteiger partial charge is 0.350 e. The molecular formula is C8H14N2O. The van der Waals surface area contributed by atoms with Gasteiger partial charge in [0.15, 0.2) is 0 Å². The maximum Gasteiger partial charge on any atom is 0.226 e. The van der Waals surface area contributed by atoms with Gasteiger partial charge in [0, 0.05) is 18.5 Å². The van der Waals surface area contributed by atoms with Crippen molar-refractivity contribution in [1.29, 1.82) is 0 Å². The van der Waals surface area contributed by atoms with Crippen LogP contribution in [0.4, 0.5) is 0 Å². The Morgan fingerprint density at radius 2 is 2.18 bits per heavy atom. The van der Waals surface area contributed by atoms with Crippen molar-refractivity contribution in [3.05, 3.63) is 0 Å². The summed E-state index contributed by atoms with van der Waals surface area (Å²) in [6.45, 7) is 3.93. The summed E-state index contributed by atoms with van der Waals surface area (Å²) in [7, 11) is 0. The number of nitrogens with one attached hydrogen (secondary N) is 2. The maximum absolute atomic E-state index is 11.4. The Hall–Kier alpha value is -0.570. The van der Waals surface area contributed by atoms with Gasteiger partial charge in [0.05, 0.1) is 6.04 Å². The first kappa shape index (κ1) is 7.10. The lowest BCUT2D eigenvalue weighted by Gasteiger charge is -2.29. The van der Waals surface area contributed by atoms with Crippen LogP contribution >= 0.6 is 0 Å². The van der Waals surface area contributed by atoms with Gasteiger partial charge in [-0.05, 0) is 12.8 Å². The molecule has 0 spiro atoms. The molecule has 2 N–H and O–H groups in total. The van der Waals surface area contributed by atoms with Crippen LogP contribution < -0.4 is 10.6 Å². The quantitative estimate of drug-likeness (QED) is 0.582. The van der Waals surface area contributed by atoms with Crippen molar-refractivity contribution in [2.24, 2.45) is 5.41 Å². The topological polar surface area (TPSA) is 41.1 Å². The molecule has 0 aromatic rings. The van der Waals surface area contributed by atoms with E-state index in [1.54, 1.807) is 0 Å². The molecule has 0 radical (unpaired) electrons. The van der Waals surface area contributed by atoms with Crippen LogP contribution in [0.2, 0.25) is 0 Å². The maximum atomic E-state index is 11.4. The molecule has 0 aromatic heterocycles. The van der Waals surface area contributed by atoms with E-state index in [4.69, 9.17) is 0 Å². The third kappa shape index (κ3) is 1.25. The van der Waals surface area contributed by atoms with Crippen molar-refractivity contribution < 1.29 is 4.79 Å². The molecule has 3 heteroatoms. The summed E-state index contributed by atoms with van der Waals surface area (Å²) in [6, 6.07) is 0.403. The predicted octanol–water partition coefficient (Wildman–Crippen LogP) is -0.126. The predicted molar refractivity (Wildman–Crippen MR) is 42.1 cm³/mol. The Kier molecular flexibility index (Phi) is 1.42. The van der Waals surface area contributed by atoms with E-state index in [1.165, 1.54) is 0 Å². The second-order valence-electron chi connectivity index (χ2n) is 3.89. The van der Waals surface area contributed by atoms with Gasteiger partial charge in [0.25, 0.3) is 0 Å². The fourth-order valence-corrected chi connectivity index (χ4v) is 1.16. The van der Waals surface area contributed by atoms with Gasteiger partial charge in [-0.3, -0.25) is 4.79 Å². The molecule has 1 aliphatic carbocycles. The van der Waals surface area contributed by atoms with Gasteiger partial charge >= 0.3 is 0 Å². The summed E-state index contributed by atoms with van der Waals surface area (Å²) >= 11 is 0. The van der Waals surface area contributed by atoms with Gasteiger partial charge in [-0.25, -0.2) is 0 Å². The molecule has 11 heavy (non-hydrogen) atoms. The third-order valence-electron chi connectivity index (χ3n) is 2.66. The first-order chi connectivity index (χ1) is 5.21. The second-order valence-corrected chi connectivity index (χ2v) is 3.89. The van der Waals surface area contributed by atoms with Crippen LogP contribution in [0.5, 0.6) is 0 Å². The van der Waals surface area contributed by atoms with Crippen molar-refractivity contribution in [3.8, 4) is 0 Å². The van der Waals surface area contributed by atoms with Gasteiger partial charge in [-0.1, -0.05) is 6.92 Å². The van der Waals surface area contributed by atoms with Crippen LogP contribution in [-0.2, 0) is 4.79 Å². The SMILES string of the molecule is CC1(C(=O)NC2CNC2)CC1. The van der Waals surface area contributed by atoms with Crippen LogP contribution in [0.25, 0.3) is 0 Å². The van der Waals surface area contributed by atoms with Crippen LogP contribution in [0, 0.1) is 5.41 Å². The first-order valence-corrected chi connectivity index (χ1v) is 4.22. The van der Waals surface area contributed by atoms with Crippen molar-refractivity contribution in [2.75, 3.05) is 13.1 Å². The van der Waals surface area contributed by atoms with Gasteiger partial charge in [0.2, 0.25) is 5.91 Å². The Morgan fingerprint density at radius 1 is 1.55 bits per heavy atom. The zero-order chi connectivity index (χ0) is 7.90. The van der Waals surface area contributed by atoms with Crippen molar-refractivity contribution in [1.82, 2.24) is 10.6 Å². The van der Waals surface area contributed by atoms with Crippen molar-refractivity contribution >= 4 is 5.91 Å². The number of hydrogen-bond acceptors (Lipinski definition) is 2. The molecule has 3 nitrogen and oxygen atoms in total. The van der Waals surface area contributed by atoms with E-state index in [9.17, 15) is 4.79 Å². The van der Waals surface area contributed by atoms with E-state index in [2.05, 4.69) is 10.6 Å². The number of carbonyl (C=O) groups excluding carboxylic acids is 1. The van der Waals surface area contributed by atoms with E-state index in [1.807, 2.05) is 6.92 Å². The number of hydrogen-bond donors (Lipinski definition) is 2. The van der Waals surface area contributed by atoms with Crippen molar-refractivity contribution in [2.45, 2.75) is 25.8 Å². The molecular weight excluding hydrogens is 140 g/mol. The fraction of sp³-hybridized carbons (Fsp3) is 0.875. The lowest BCUT2D eigenvalue weighted by atomic mass is 10.1. The molecule has 0 aromatic carbocycles. The molecule has 1 amide bonds. The summed E-state index contributed by atoms with van der Waals surface area (Å²) in [5.41, 5.74) is -0.00438. The van der Waals surface area contributed by atoms with E-state index < -0.39 is 0 Å².